The SMILES string of the molecule is Cc1ccc(NCC(=O)Nc2ccccc2C(=O)NCC(C)C)c(OCC(=O)N(C)C)c1. The molecule has 0 aliphatic heterocycles. The number of hydrogen-bond donors (Lipinski definition) is 3. The van der Waals surface area contributed by atoms with Crippen LogP contribution in [0.1, 0.15) is 29.8 Å². The molecular weight excluding hydrogens is 408 g/mol. The van der Waals surface area contributed by atoms with Crippen molar-refractivity contribution in [2.45, 2.75) is 20.8 Å². The zero-order valence-corrected chi connectivity index (χ0v) is 19.3. The van der Waals surface area contributed by atoms with Crippen LogP contribution in [0.2, 0.25) is 0 Å². The van der Waals surface area contributed by atoms with Crippen molar-refractivity contribution in [3.05, 3.63) is 53.6 Å². The first-order chi connectivity index (χ1) is 15.2. The summed E-state index contributed by atoms with van der Waals surface area (Å²) in [4.78, 5) is 38.3. The second kappa shape index (κ2) is 11.7. The Morgan fingerprint density at radius 2 is 1.75 bits per heavy atom. The van der Waals surface area contributed by atoms with Gasteiger partial charge in [-0.1, -0.05) is 32.0 Å². The van der Waals surface area contributed by atoms with E-state index in [-0.39, 0.29) is 30.9 Å². The Morgan fingerprint density at radius 1 is 1.03 bits per heavy atom. The number of carbonyl (C=O) groups excluding carboxylic acids is 3. The maximum atomic E-state index is 12.6. The largest absolute Gasteiger partial charge is 0.482 e. The van der Waals surface area contributed by atoms with E-state index in [4.69, 9.17) is 4.74 Å². The number of para-hydroxylation sites is 1. The Kier molecular flexibility index (Phi) is 9.07. The van der Waals surface area contributed by atoms with Crippen LogP contribution in [0.4, 0.5) is 11.4 Å². The molecule has 2 aromatic carbocycles. The summed E-state index contributed by atoms with van der Waals surface area (Å²) in [5.74, 6) is 0.0974. The van der Waals surface area contributed by atoms with Crippen molar-refractivity contribution < 1.29 is 19.1 Å². The summed E-state index contributed by atoms with van der Waals surface area (Å²) in [5, 5.41) is 8.68. The smallest absolute Gasteiger partial charge is 0.259 e. The summed E-state index contributed by atoms with van der Waals surface area (Å²) in [7, 11) is 3.32. The van der Waals surface area contributed by atoms with E-state index in [0.717, 1.165) is 5.56 Å². The maximum Gasteiger partial charge on any atom is 0.259 e. The van der Waals surface area contributed by atoms with Gasteiger partial charge in [-0.3, -0.25) is 14.4 Å². The van der Waals surface area contributed by atoms with Gasteiger partial charge in [0.05, 0.1) is 23.5 Å². The van der Waals surface area contributed by atoms with Crippen LogP contribution < -0.4 is 20.7 Å². The molecule has 32 heavy (non-hydrogen) atoms. The van der Waals surface area contributed by atoms with Crippen molar-refractivity contribution in [2.24, 2.45) is 5.92 Å². The van der Waals surface area contributed by atoms with Gasteiger partial charge in [0, 0.05) is 20.6 Å². The average Bonchev–Trinajstić information content (AvgIpc) is 2.75. The van der Waals surface area contributed by atoms with Crippen LogP contribution in [0.25, 0.3) is 0 Å². The molecule has 0 aromatic heterocycles. The Hall–Kier alpha value is -3.55. The Balaban J connectivity index is 2.02. The van der Waals surface area contributed by atoms with Crippen molar-refractivity contribution in [1.82, 2.24) is 10.2 Å². The molecule has 0 radical (unpaired) electrons. The third-order valence-corrected chi connectivity index (χ3v) is 4.54. The normalized spacial score (nSPS) is 10.4. The lowest BCUT2D eigenvalue weighted by Crippen LogP contribution is -2.29. The van der Waals surface area contributed by atoms with E-state index in [9.17, 15) is 14.4 Å². The van der Waals surface area contributed by atoms with Crippen molar-refractivity contribution in [1.29, 1.82) is 0 Å². The van der Waals surface area contributed by atoms with Gasteiger partial charge in [0.2, 0.25) is 5.91 Å². The van der Waals surface area contributed by atoms with Crippen molar-refractivity contribution in [3.8, 4) is 5.75 Å². The molecule has 0 heterocycles. The molecule has 0 aliphatic carbocycles. The third kappa shape index (κ3) is 7.61. The molecule has 172 valence electrons. The third-order valence-electron chi connectivity index (χ3n) is 4.54. The molecular formula is C24H32N4O4. The number of likely N-dealkylation sites (N-methyl/N-ethyl adjacent to an activating group) is 1. The summed E-state index contributed by atoms with van der Waals surface area (Å²) in [6.45, 7) is 6.35. The molecule has 0 bridgehead atoms. The Morgan fingerprint density at radius 3 is 2.44 bits per heavy atom. The molecule has 3 N–H and O–H groups in total. The summed E-state index contributed by atoms with van der Waals surface area (Å²) >= 11 is 0. The summed E-state index contributed by atoms with van der Waals surface area (Å²) in [5.41, 5.74) is 2.41. The van der Waals surface area contributed by atoms with Gasteiger partial charge in [-0.25, -0.2) is 0 Å². The number of amides is 3. The van der Waals surface area contributed by atoms with Gasteiger partial charge in [-0.2, -0.15) is 0 Å². The monoisotopic (exact) mass is 440 g/mol. The molecule has 3 amide bonds. The van der Waals surface area contributed by atoms with Crippen LogP contribution in [-0.4, -0.2) is 56.4 Å². The van der Waals surface area contributed by atoms with E-state index in [1.165, 1.54) is 4.90 Å². The second-order valence-corrected chi connectivity index (χ2v) is 8.13. The fraction of sp³-hybridized carbons (Fsp3) is 0.375. The second-order valence-electron chi connectivity index (χ2n) is 8.13. The molecule has 0 unspecified atom stereocenters. The maximum absolute atomic E-state index is 12.6. The van der Waals surface area contributed by atoms with Crippen molar-refractivity contribution in [3.63, 3.8) is 0 Å². The number of aryl methyl sites for hydroxylation is 1. The zero-order valence-electron chi connectivity index (χ0n) is 19.3. The lowest BCUT2D eigenvalue weighted by Gasteiger charge is -2.16. The molecule has 8 heteroatoms. The van der Waals surface area contributed by atoms with E-state index >= 15 is 0 Å². The number of ether oxygens (including phenoxy) is 1. The number of benzene rings is 2. The van der Waals surface area contributed by atoms with E-state index < -0.39 is 0 Å². The van der Waals surface area contributed by atoms with Gasteiger partial charge < -0.3 is 25.6 Å². The lowest BCUT2D eigenvalue weighted by molar-refractivity contribution is -0.130. The standard InChI is InChI=1S/C24H32N4O4/c1-16(2)13-26-24(31)18-8-6-7-9-19(18)27-22(29)14-25-20-11-10-17(3)12-21(20)32-15-23(30)28(4)5/h6-12,16,25H,13-15H2,1-5H3,(H,26,31)(H,27,29). The van der Waals surface area contributed by atoms with Crippen LogP contribution in [0.5, 0.6) is 5.75 Å². The first-order valence-corrected chi connectivity index (χ1v) is 10.5. The van der Waals surface area contributed by atoms with E-state index in [2.05, 4.69) is 16.0 Å². The number of anilines is 2. The van der Waals surface area contributed by atoms with Crippen LogP contribution in [-0.2, 0) is 9.59 Å². The topological polar surface area (TPSA) is 99.8 Å². The number of carbonyl (C=O) groups is 3. The van der Waals surface area contributed by atoms with Crippen LogP contribution in [0.15, 0.2) is 42.5 Å². The van der Waals surface area contributed by atoms with E-state index in [1.54, 1.807) is 50.5 Å². The number of nitrogens with zero attached hydrogens (tertiary/aromatic N) is 1. The highest BCUT2D eigenvalue weighted by atomic mass is 16.5. The lowest BCUT2D eigenvalue weighted by atomic mass is 10.1. The van der Waals surface area contributed by atoms with Crippen LogP contribution >= 0.6 is 0 Å². The fourth-order valence-corrected chi connectivity index (χ4v) is 2.72. The number of nitrogens with one attached hydrogen (secondary N) is 3. The van der Waals surface area contributed by atoms with Crippen molar-refractivity contribution >= 4 is 29.1 Å². The average molecular weight is 441 g/mol. The highest BCUT2D eigenvalue weighted by Crippen LogP contribution is 2.26. The van der Waals surface area contributed by atoms with Gasteiger partial charge in [0.15, 0.2) is 6.61 Å². The summed E-state index contributed by atoms with van der Waals surface area (Å²) in [6, 6.07) is 12.4. The highest BCUT2D eigenvalue weighted by molar-refractivity contribution is 6.04. The Bertz CT molecular complexity index is 957. The molecule has 0 atom stereocenters. The molecule has 0 saturated carbocycles. The minimum absolute atomic E-state index is 0.0387. The first-order valence-electron chi connectivity index (χ1n) is 10.5. The van der Waals surface area contributed by atoms with E-state index in [1.807, 2.05) is 26.8 Å². The summed E-state index contributed by atoms with van der Waals surface area (Å²) in [6.07, 6.45) is 0. The van der Waals surface area contributed by atoms with Gasteiger partial charge in [0.25, 0.3) is 11.8 Å². The first kappa shape index (κ1) is 24.7. The predicted molar refractivity (Wildman–Crippen MR) is 126 cm³/mol. The predicted octanol–water partition coefficient (Wildman–Crippen LogP) is 2.90. The summed E-state index contributed by atoms with van der Waals surface area (Å²) < 4.78 is 5.65. The quantitative estimate of drug-likeness (QED) is 0.528. The highest BCUT2D eigenvalue weighted by Gasteiger charge is 2.14. The molecule has 0 aliphatic rings. The van der Waals surface area contributed by atoms with Gasteiger partial charge >= 0.3 is 0 Å². The van der Waals surface area contributed by atoms with Gasteiger partial charge in [-0.15, -0.1) is 0 Å². The minimum atomic E-state index is -0.315. The number of rotatable bonds is 10. The molecule has 0 spiro atoms. The molecule has 0 fully saturated rings. The van der Waals surface area contributed by atoms with Crippen molar-refractivity contribution in [2.75, 3.05) is 44.4 Å². The molecule has 0 saturated heterocycles. The zero-order chi connectivity index (χ0) is 23.7. The van der Waals surface area contributed by atoms with Crippen LogP contribution in [0, 0.1) is 12.8 Å². The molecule has 2 rings (SSSR count). The van der Waals surface area contributed by atoms with Gasteiger partial charge in [-0.05, 0) is 42.7 Å². The molecule has 2 aromatic rings. The van der Waals surface area contributed by atoms with Gasteiger partial charge in [0.1, 0.15) is 5.75 Å². The number of hydrogen-bond acceptors (Lipinski definition) is 5. The minimum Gasteiger partial charge on any atom is -0.482 e. The Labute approximate surface area is 189 Å². The fourth-order valence-electron chi connectivity index (χ4n) is 2.72. The van der Waals surface area contributed by atoms with E-state index in [0.29, 0.717) is 35.2 Å². The molecule has 8 nitrogen and oxygen atoms in total. The van der Waals surface area contributed by atoms with Crippen LogP contribution in [0.3, 0.4) is 0 Å².